The van der Waals surface area contributed by atoms with E-state index in [2.05, 4.69) is 5.32 Å². The molecule has 6 rings (SSSR count). The van der Waals surface area contributed by atoms with Crippen molar-refractivity contribution >= 4 is 21.6 Å². The van der Waals surface area contributed by atoms with Crippen molar-refractivity contribution in [3.63, 3.8) is 0 Å². The van der Waals surface area contributed by atoms with Gasteiger partial charge in [0.25, 0.3) is 0 Å². The van der Waals surface area contributed by atoms with Crippen LogP contribution in [-0.2, 0) is 14.8 Å². The maximum Gasteiger partial charge on any atom is 0.243 e. The molecule has 4 saturated carbocycles. The highest BCUT2D eigenvalue weighted by atomic mass is 32.2. The number of rotatable bonds is 5. The second-order valence-electron chi connectivity index (χ2n) is 10.1. The summed E-state index contributed by atoms with van der Waals surface area (Å²) in [5.74, 6) is 2.52. The van der Waals surface area contributed by atoms with Crippen molar-refractivity contribution in [2.45, 2.75) is 69.1 Å². The van der Waals surface area contributed by atoms with Gasteiger partial charge in [0.15, 0.2) is 0 Å². The van der Waals surface area contributed by atoms with Crippen LogP contribution in [0, 0.1) is 23.2 Å². The molecule has 4 aliphatic carbocycles. The molecule has 6 heteroatoms. The van der Waals surface area contributed by atoms with Gasteiger partial charge in [-0.2, -0.15) is 4.31 Å². The van der Waals surface area contributed by atoms with Gasteiger partial charge in [-0.1, -0.05) is 12.5 Å². The molecule has 5 fully saturated rings. The number of hydrogen-bond donors (Lipinski definition) is 1. The second-order valence-corrected chi connectivity index (χ2v) is 12.1. The predicted molar refractivity (Wildman–Crippen MR) is 113 cm³/mol. The highest BCUT2D eigenvalue weighted by Gasteiger charge is 2.51. The molecule has 0 spiro atoms. The number of nitrogens with one attached hydrogen (secondary N) is 1. The zero-order chi connectivity index (χ0) is 20.1. The summed E-state index contributed by atoms with van der Waals surface area (Å²) in [6, 6.07) is 6.80. The van der Waals surface area contributed by atoms with Crippen molar-refractivity contribution in [3.8, 4) is 0 Å². The summed E-state index contributed by atoms with van der Waals surface area (Å²) < 4.78 is 27.5. The van der Waals surface area contributed by atoms with Gasteiger partial charge in [-0.3, -0.25) is 4.79 Å². The van der Waals surface area contributed by atoms with Gasteiger partial charge in [0.2, 0.25) is 15.9 Å². The molecular weight excluding hydrogens is 384 g/mol. The van der Waals surface area contributed by atoms with Crippen LogP contribution >= 0.6 is 0 Å². The highest BCUT2D eigenvalue weighted by Crippen LogP contribution is 2.61. The highest BCUT2D eigenvalue weighted by molar-refractivity contribution is 7.89. The molecule has 1 aliphatic heterocycles. The first kappa shape index (κ1) is 19.6. The first-order valence-corrected chi connectivity index (χ1v) is 12.8. The first-order chi connectivity index (χ1) is 13.9. The van der Waals surface area contributed by atoms with E-state index in [1.165, 1.54) is 38.5 Å². The molecule has 5 aliphatic rings. The van der Waals surface area contributed by atoms with Gasteiger partial charge in [-0.15, -0.1) is 0 Å². The average molecular weight is 417 g/mol. The van der Waals surface area contributed by atoms with Crippen LogP contribution in [-0.4, -0.2) is 31.7 Å². The summed E-state index contributed by atoms with van der Waals surface area (Å²) in [5.41, 5.74) is 0.786. The van der Waals surface area contributed by atoms with Crippen LogP contribution in [0.4, 0.5) is 5.69 Å². The quantitative estimate of drug-likeness (QED) is 0.773. The summed E-state index contributed by atoms with van der Waals surface area (Å²) in [5, 5.41) is 3.01. The van der Waals surface area contributed by atoms with Crippen LogP contribution in [0.5, 0.6) is 0 Å². The lowest BCUT2D eigenvalue weighted by molar-refractivity contribution is -0.124. The van der Waals surface area contributed by atoms with Gasteiger partial charge < -0.3 is 5.32 Å². The normalized spacial score (nSPS) is 34.3. The number of amides is 1. The molecule has 0 aromatic heterocycles. The number of benzene rings is 1. The summed E-state index contributed by atoms with van der Waals surface area (Å²) in [7, 11) is -3.48. The molecule has 29 heavy (non-hydrogen) atoms. The Morgan fingerprint density at radius 3 is 2.24 bits per heavy atom. The van der Waals surface area contributed by atoms with E-state index in [9.17, 15) is 13.2 Å². The molecule has 1 heterocycles. The Morgan fingerprint density at radius 1 is 1.00 bits per heavy atom. The third-order valence-corrected chi connectivity index (χ3v) is 9.67. The SMILES string of the molecule is O=C(CC12CC3CC(CC(C3)C1)C2)Nc1cccc(S(=O)(=O)N2CCCCC2)c1. The van der Waals surface area contributed by atoms with Gasteiger partial charge in [-0.05, 0) is 92.7 Å². The fraction of sp³-hybridized carbons (Fsp3) is 0.696. The third-order valence-electron chi connectivity index (χ3n) is 7.77. The number of piperidine rings is 1. The van der Waals surface area contributed by atoms with Crippen molar-refractivity contribution in [2.75, 3.05) is 18.4 Å². The Balaban J connectivity index is 1.27. The molecule has 1 saturated heterocycles. The zero-order valence-corrected chi connectivity index (χ0v) is 17.9. The number of hydrogen-bond acceptors (Lipinski definition) is 3. The topological polar surface area (TPSA) is 66.5 Å². The van der Waals surface area contributed by atoms with Gasteiger partial charge in [-0.25, -0.2) is 8.42 Å². The van der Waals surface area contributed by atoms with E-state index in [0.717, 1.165) is 37.0 Å². The molecule has 4 bridgehead atoms. The Kier molecular flexibility index (Phi) is 4.98. The van der Waals surface area contributed by atoms with E-state index < -0.39 is 10.0 Å². The molecule has 158 valence electrons. The van der Waals surface area contributed by atoms with Crippen LogP contribution in [0.3, 0.4) is 0 Å². The minimum atomic E-state index is -3.48. The summed E-state index contributed by atoms with van der Waals surface area (Å²) in [6.07, 6.45) is 11.2. The Bertz CT molecular complexity index is 854. The third kappa shape index (κ3) is 3.86. The van der Waals surface area contributed by atoms with E-state index in [-0.39, 0.29) is 16.2 Å². The van der Waals surface area contributed by atoms with Gasteiger partial charge >= 0.3 is 0 Å². The number of sulfonamides is 1. The predicted octanol–water partition coefficient (Wildman–Crippen LogP) is 4.41. The van der Waals surface area contributed by atoms with Crippen molar-refractivity contribution in [2.24, 2.45) is 23.2 Å². The molecule has 1 amide bonds. The monoisotopic (exact) mass is 416 g/mol. The lowest BCUT2D eigenvalue weighted by Crippen LogP contribution is -2.47. The van der Waals surface area contributed by atoms with Gasteiger partial charge in [0.05, 0.1) is 4.90 Å². The van der Waals surface area contributed by atoms with Crippen LogP contribution in [0.25, 0.3) is 0 Å². The lowest BCUT2D eigenvalue weighted by Gasteiger charge is -2.56. The maximum atomic E-state index is 12.9. The smallest absolute Gasteiger partial charge is 0.243 e. The molecule has 0 atom stereocenters. The lowest BCUT2D eigenvalue weighted by atomic mass is 9.49. The largest absolute Gasteiger partial charge is 0.326 e. The van der Waals surface area contributed by atoms with Crippen LogP contribution < -0.4 is 5.32 Å². The van der Waals surface area contributed by atoms with Crippen LogP contribution in [0.15, 0.2) is 29.2 Å². The molecule has 1 N–H and O–H groups in total. The summed E-state index contributed by atoms with van der Waals surface area (Å²) in [4.78, 5) is 13.2. The Labute approximate surface area is 174 Å². The molecular formula is C23H32N2O3S. The number of carbonyl (C=O) groups excluding carboxylic acids is 1. The standard InChI is InChI=1S/C23H32N2O3S/c26-22(16-23-13-17-9-18(14-23)11-19(10-17)15-23)24-20-5-4-6-21(12-20)29(27,28)25-7-2-1-3-8-25/h4-6,12,17-19H,1-3,7-11,13-16H2,(H,24,26). The van der Waals surface area contributed by atoms with E-state index in [1.54, 1.807) is 28.6 Å². The van der Waals surface area contributed by atoms with Gasteiger partial charge in [0.1, 0.15) is 0 Å². The van der Waals surface area contributed by atoms with Crippen molar-refractivity contribution < 1.29 is 13.2 Å². The number of nitrogens with zero attached hydrogens (tertiary/aromatic N) is 1. The summed E-state index contributed by atoms with van der Waals surface area (Å²) >= 11 is 0. The average Bonchev–Trinajstić information content (AvgIpc) is 2.67. The molecule has 1 aromatic rings. The Hall–Kier alpha value is -1.40. The molecule has 0 radical (unpaired) electrons. The van der Waals surface area contributed by atoms with E-state index in [1.807, 2.05) is 0 Å². The maximum absolute atomic E-state index is 12.9. The van der Waals surface area contributed by atoms with E-state index in [0.29, 0.717) is 25.2 Å². The van der Waals surface area contributed by atoms with E-state index in [4.69, 9.17) is 0 Å². The van der Waals surface area contributed by atoms with Crippen molar-refractivity contribution in [3.05, 3.63) is 24.3 Å². The minimum absolute atomic E-state index is 0.0412. The first-order valence-electron chi connectivity index (χ1n) is 11.3. The number of anilines is 1. The minimum Gasteiger partial charge on any atom is -0.326 e. The second kappa shape index (κ2) is 7.38. The van der Waals surface area contributed by atoms with Crippen LogP contribution in [0.2, 0.25) is 0 Å². The Morgan fingerprint density at radius 2 is 1.62 bits per heavy atom. The van der Waals surface area contributed by atoms with Crippen molar-refractivity contribution in [1.82, 2.24) is 4.31 Å². The van der Waals surface area contributed by atoms with Gasteiger partial charge in [0, 0.05) is 25.2 Å². The fourth-order valence-electron chi connectivity index (χ4n) is 7.04. The zero-order valence-electron chi connectivity index (χ0n) is 17.1. The van der Waals surface area contributed by atoms with Crippen molar-refractivity contribution in [1.29, 1.82) is 0 Å². The summed E-state index contributed by atoms with van der Waals surface area (Å²) in [6.45, 7) is 1.18. The fourth-order valence-corrected chi connectivity index (χ4v) is 8.60. The molecule has 0 unspecified atom stereocenters. The molecule has 5 nitrogen and oxygen atoms in total. The molecule has 1 aromatic carbocycles. The van der Waals surface area contributed by atoms with Crippen LogP contribution in [0.1, 0.15) is 64.2 Å². The number of carbonyl (C=O) groups is 1. The van der Waals surface area contributed by atoms with E-state index >= 15 is 0 Å².